The first kappa shape index (κ1) is 39.1. The SMILES string of the molecule is CO[C@@]1(CN2CCN3CCOC[C@@H]3C2)/C(F)=C/C[C@H](C)[C@H](C)S(=O)(=O)NC(=O)c2ccc3c(c2)N(C[C@@H]2CCO[C@H]21)C[C@@]1(CCCc2cc(Cl)ccc21)CO3. The van der Waals surface area contributed by atoms with Gasteiger partial charge in [0.25, 0.3) is 5.91 Å². The maximum absolute atomic E-state index is 17.4. The Morgan fingerprint density at radius 3 is 2.78 bits per heavy atom. The van der Waals surface area contributed by atoms with Crippen LogP contribution in [0.3, 0.4) is 0 Å². The lowest BCUT2D eigenvalue weighted by molar-refractivity contribution is -0.132. The van der Waals surface area contributed by atoms with Crippen LogP contribution >= 0.6 is 11.6 Å². The molecule has 0 radical (unpaired) electrons. The molecule has 5 aliphatic heterocycles. The Kier molecular flexibility index (Phi) is 11.0. The molecular formula is C41H54ClFN4O7S. The van der Waals surface area contributed by atoms with Gasteiger partial charge in [-0.1, -0.05) is 24.6 Å². The van der Waals surface area contributed by atoms with E-state index in [2.05, 4.69) is 31.6 Å². The van der Waals surface area contributed by atoms with Crippen LogP contribution in [0, 0.1) is 11.8 Å². The van der Waals surface area contributed by atoms with Crippen molar-refractivity contribution in [3.05, 3.63) is 70.0 Å². The third kappa shape index (κ3) is 7.43. The van der Waals surface area contributed by atoms with Crippen LogP contribution in [0.5, 0.6) is 5.75 Å². The van der Waals surface area contributed by atoms with Gasteiger partial charge in [-0.25, -0.2) is 17.5 Å². The van der Waals surface area contributed by atoms with E-state index >= 15 is 4.39 Å². The fraction of sp³-hybridized carbons (Fsp3) is 0.634. The van der Waals surface area contributed by atoms with Crippen molar-refractivity contribution >= 4 is 33.2 Å². The first-order chi connectivity index (χ1) is 26.4. The van der Waals surface area contributed by atoms with Gasteiger partial charge >= 0.3 is 0 Å². The van der Waals surface area contributed by atoms with Gasteiger partial charge in [0.05, 0.1) is 36.9 Å². The summed E-state index contributed by atoms with van der Waals surface area (Å²) in [5, 5.41) is -0.289. The Balaban J connectivity index is 1.22. The van der Waals surface area contributed by atoms with Crippen molar-refractivity contribution in [2.45, 2.75) is 74.4 Å². The number of nitrogens with zero attached hydrogens (tertiary/aromatic N) is 3. The van der Waals surface area contributed by atoms with Crippen LogP contribution in [-0.4, -0.2) is 126 Å². The van der Waals surface area contributed by atoms with Crippen molar-refractivity contribution < 1.29 is 36.6 Å². The maximum Gasteiger partial charge on any atom is 0.264 e. The fourth-order valence-electron chi connectivity index (χ4n) is 9.98. The van der Waals surface area contributed by atoms with Crippen LogP contribution in [0.15, 0.2) is 48.3 Å². The van der Waals surface area contributed by atoms with E-state index in [0.717, 1.165) is 45.5 Å². The molecule has 11 nitrogen and oxygen atoms in total. The summed E-state index contributed by atoms with van der Waals surface area (Å²) >= 11 is 6.49. The average Bonchev–Trinajstić information content (AvgIpc) is 3.59. The minimum absolute atomic E-state index is 0.128. The van der Waals surface area contributed by atoms with Crippen LogP contribution in [0.1, 0.15) is 61.0 Å². The molecule has 55 heavy (non-hydrogen) atoms. The number of allylic oxidation sites excluding steroid dienone is 1. The zero-order valence-corrected chi connectivity index (χ0v) is 33.7. The van der Waals surface area contributed by atoms with Gasteiger partial charge in [-0.15, -0.1) is 0 Å². The third-order valence-electron chi connectivity index (χ3n) is 13.4. The number of piperazine rings is 1. The number of carbonyl (C=O) groups is 1. The molecule has 3 saturated heterocycles. The van der Waals surface area contributed by atoms with Crippen molar-refractivity contribution in [3.63, 3.8) is 0 Å². The minimum Gasteiger partial charge on any atom is -0.490 e. The summed E-state index contributed by atoms with van der Waals surface area (Å²) in [6.45, 7) is 10.1. The molecular weight excluding hydrogens is 747 g/mol. The number of ether oxygens (including phenoxy) is 4. The third-order valence-corrected chi connectivity index (χ3v) is 15.5. The van der Waals surface area contributed by atoms with E-state index in [4.69, 9.17) is 30.5 Å². The van der Waals surface area contributed by atoms with Gasteiger partial charge in [-0.05, 0) is 92.5 Å². The number of rotatable bonds is 3. The lowest BCUT2D eigenvalue weighted by Crippen LogP contribution is -2.63. The lowest BCUT2D eigenvalue weighted by Gasteiger charge is -2.48. The smallest absolute Gasteiger partial charge is 0.264 e. The largest absolute Gasteiger partial charge is 0.490 e. The highest BCUT2D eigenvalue weighted by molar-refractivity contribution is 7.90. The van der Waals surface area contributed by atoms with Crippen molar-refractivity contribution in [3.8, 4) is 5.75 Å². The Hall–Kier alpha value is -2.78. The molecule has 2 aromatic carbocycles. The van der Waals surface area contributed by atoms with E-state index in [1.165, 1.54) is 17.2 Å². The Bertz CT molecular complexity index is 1920. The molecule has 2 bridgehead atoms. The van der Waals surface area contributed by atoms with Crippen LogP contribution < -0.4 is 14.4 Å². The molecule has 0 saturated carbocycles. The normalized spacial score (nSPS) is 35.4. The Morgan fingerprint density at radius 1 is 1.09 bits per heavy atom. The molecule has 1 spiro atoms. The molecule has 7 atom stereocenters. The molecule has 3 fully saturated rings. The molecule has 300 valence electrons. The highest BCUT2D eigenvalue weighted by Crippen LogP contribution is 2.47. The van der Waals surface area contributed by atoms with Crippen LogP contribution in [0.25, 0.3) is 0 Å². The molecule has 6 aliphatic rings. The maximum atomic E-state index is 17.4. The molecule has 5 heterocycles. The number of benzene rings is 2. The standard InChI is InChI=1S/C41H54ClFN4O7S/c1-27-6-11-37(43)41(51-3,25-45-14-15-46-16-18-52-23-33(46)22-45)38-31(12-17-53-38)21-47-24-40(13-4-5-29-19-32(42)8-9-34(29)40)26-54-36-10-7-30(20-35(36)47)39(48)44-55(49,50)28(27)2/h7-11,19-20,27-28,31,33,38H,4-6,12-18,21-26H2,1-3H3,(H,44,48)/b37-11-/t27-,28-,31-,33-,38+,40-,41-/m0/s1. The van der Waals surface area contributed by atoms with Gasteiger partial charge in [0.15, 0.2) is 5.60 Å². The van der Waals surface area contributed by atoms with Gasteiger partial charge < -0.3 is 23.8 Å². The first-order valence-corrected chi connectivity index (χ1v) is 21.8. The van der Waals surface area contributed by atoms with Gasteiger partial charge in [0.1, 0.15) is 11.6 Å². The second-order valence-electron chi connectivity index (χ2n) is 16.7. The predicted molar refractivity (Wildman–Crippen MR) is 209 cm³/mol. The molecule has 2 aromatic rings. The number of morpholine rings is 1. The quantitative estimate of drug-likeness (QED) is 0.458. The van der Waals surface area contributed by atoms with Crippen molar-refractivity contribution in [2.75, 3.05) is 84.3 Å². The van der Waals surface area contributed by atoms with Gasteiger partial charge in [0, 0.05) is 87.5 Å². The number of anilines is 1. The molecule has 0 unspecified atom stereocenters. The number of aryl methyl sites for hydroxylation is 1. The van der Waals surface area contributed by atoms with Gasteiger partial charge in [-0.3, -0.25) is 14.6 Å². The van der Waals surface area contributed by atoms with E-state index < -0.39 is 50.0 Å². The summed E-state index contributed by atoms with van der Waals surface area (Å²) in [4.78, 5) is 20.7. The Labute approximate surface area is 329 Å². The second kappa shape index (κ2) is 15.5. The summed E-state index contributed by atoms with van der Waals surface area (Å²) in [5.74, 6) is -1.24. The zero-order valence-electron chi connectivity index (χ0n) is 32.1. The number of amides is 1. The zero-order chi connectivity index (χ0) is 38.5. The van der Waals surface area contributed by atoms with E-state index in [1.54, 1.807) is 39.2 Å². The number of hydrogen-bond acceptors (Lipinski definition) is 10. The molecule has 1 amide bonds. The molecule has 1 aliphatic carbocycles. The van der Waals surface area contributed by atoms with E-state index in [0.29, 0.717) is 62.3 Å². The lowest BCUT2D eigenvalue weighted by atomic mass is 9.70. The molecule has 8 rings (SSSR count). The summed E-state index contributed by atoms with van der Waals surface area (Å²) in [6.07, 6.45) is 4.42. The summed E-state index contributed by atoms with van der Waals surface area (Å²) < 4.78 is 72.6. The van der Waals surface area contributed by atoms with Gasteiger partial charge in [0.2, 0.25) is 10.0 Å². The number of halogens is 2. The second-order valence-corrected chi connectivity index (χ2v) is 19.1. The number of carbonyl (C=O) groups excluding carboxylic acids is 1. The topological polar surface area (TPSA) is 110 Å². The van der Waals surface area contributed by atoms with E-state index in [-0.39, 0.29) is 30.5 Å². The summed E-state index contributed by atoms with van der Waals surface area (Å²) in [6, 6.07) is 11.5. The van der Waals surface area contributed by atoms with Gasteiger partial charge in [-0.2, -0.15) is 0 Å². The number of methoxy groups -OCH3 is 1. The number of sulfonamides is 1. The average molecular weight is 801 g/mol. The monoisotopic (exact) mass is 800 g/mol. The van der Waals surface area contributed by atoms with Crippen LogP contribution in [-0.2, 0) is 36.1 Å². The van der Waals surface area contributed by atoms with Crippen LogP contribution in [0.4, 0.5) is 10.1 Å². The summed E-state index contributed by atoms with van der Waals surface area (Å²) in [5.41, 5.74) is 1.46. The number of fused-ring (bicyclic) bond motifs is 5. The number of hydrogen-bond donors (Lipinski definition) is 1. The molecule has 14 heteroatoms. The first-order valence-electron chi connectivity index (χ1n) is 19.8. The highest BCUT2D eigenvalue weighted by Gasteiger charge is 2.53. The van der Waals surface area contributed by atoms with E-state index in [9.17, 15) is 13.2 Å². The van der Waals surface area contributed by atoms with Crippen LogP contribution in [0.2, 0.25) is 5.02 Å². The predicted octanol–water partition coefficient (Wildman–Crippen LogP) is 4.96. The van der Waals surface area contributed by atoms with Crippen molar-refractivity contribution in [2.24, 2.45) is 11.8 Å². The van der Waals surface area contributed by atoms with Crippen molar-refractivity contribution in [1.82, 2.24) is 14.5 Å². The highest BCUT2D eigenvalue weighted by atomic mass is 35.5. The van der Waals surface area contributed by atoms with Crippen molar-refractivity contribution in [1.29, 1.82) is 0 Å². The van der Waals surface area contributed by atoms with E-state index in [1.807, 2.05) is 6.07 Å². The summed E-state index contributed by atoms with van der Waals surface area (Å²) in [7, 11) is -2.56. The fourth-order valence-corrected chi connectivity index (χ4v) is 11.5. The molecule has 1 N–H and O–H groups in total. The molecule has 0 aromatic heterocycles. The Morgan fingerprint density at radius 2 is 1.95 bits per heavy atom. The number of nitrogens with one attached hydrogen (secondary N) is 1. The minimum atomic E-state index is -4.12.